The molecule has 1 aliphatic rings. The summed E-state index contributed by atoms with van der Waals surface area (Å²) in [7, 11) is 1.73. The van der Waals surface area contributed by atoms with Crippen LogP contribution in [0.4, 0.5) is 10.5 Å². The van der Waals surface area contributed by atoms with Crippen molar-refractivity contribution < 1.29 is 4.79 Å². The van der Waals surface area contributed by atoms with Gasteiger partial charge in [0.05, 0.1) is 17.2 Å². The zero-order chi connectivity index (χ0) is 20.1. The van der Waals surface area contributed by atoms with Crippen molar-refractivity contribution >= 4 is 38.6 Å². The highest BCUT2D eigenvalue weighted by atomic mass is 79.9. The van der Waals surface area contributed by atoms with Crippen LogP contribution in [-0.2, 0) is 13.5 Å². The van der Waals surface area contributed by atoms with Gasteiger partial charge < -0.3 is 15.2 Å². The van der Waals surface area contributed by atoms with E-state index < -0.39 is 0 Å². The quantitative estimate of drug-likeness (QED) is 0.605. The van der Waals surface area contributed by atoms with Gasteiger partial charge in [-0.25, -0.2) is 4.79 Å². The zero-order valence-electron chi connectivity index (χ0n) is 16.0. The third-order valence-corrected chi connectivity index (χ3v) is 6.03. The summed E-state index contributed by atoms with van der Waals surface area (Å²) in [5.41, 5.74) is 3.71. The average molecular weight is 440 g/mol. The van der Waals surface area contributed by atoms with Gasteiger partial charge in [-0.15, -0.1) is 0 Å². The number of aryl methyl sites for hydroxylation is 1. The van der Waals surface area contributed by atoms with Gasteiger partial charge in [-0.3, -0.25) is 4.79 Å². The zero-order valence-corrected chi connectivity index (χ0v) is 17.6. The van der Waals surface area contributed by atoms with Crippen molar-refractivity contribution in [3.63, 3.8) is 0 Å². The van der Waals surface area contributed by atoms with E-state index in [1.165, 1.54) is 11.6 Å². The smallest absolute Gasteiger partial charge is 0.319 e. The highest BCUT2D eigenvalue weighted by molar-refractivity contribution is 9.10. The fourth-order valence-corrected chi connectivity index (χ4v) is 4.51. The van der Waals surface area contributed by atoms with E-state index in [4.69, 9.17) is 0 Å². The number of benzene rings is 2. The molecule has 28 heavy (non-hydrogen) atoms. The number of pyridine rings is 1. The minimum absolute atomic E-state index is 0.0741. The highest BCUT2D eigenvalue weighted by Crippen LogP contribution is 2.45. The van der Waals surface area contributed by atoms with Gasteiger partial charge in [0, 0.05) is 23.0 Å². The second-order valence-corrected chi connectivity index (χ2v) is 8.92. The van der Waals surface area contributed by atoms with Crippen molar-refractivity contribution in [2.45, 2.75) is 26.3 Å². The van der Waals surface area contributed by atoms with Crippen LogP contribution in [0.5, 0.6) is 0 Å². The lowest BCUT2D eigenvalue weighted by Gasteiger charge is -2.28. The third kappa shape index (κ3) is 3.22. The van der Waals surface area contributed by atoms with Crippen LogP contribution in [-0.4, -0.2) is 10.6 Å². The molecule has 5 nitrogen and oxygen atoms in total. The van der Waals surface area contributed by atoms with Crippen molar-refractivity contribution in [1.29, 1.82) is 0 Å². The van der Waals surface area contributed by atoms with Crippen LogP contribution in [0.1, 0.15) is 31.0 Å². The topological polar surface area (TPSA) is 63.1 Å². The Morgan fingerprint density at radius 3 is 2.75 bits per heavy atom. The first-order valence-corrected chi connectivity index (χ1v) is 10.0. The number of anilines is 1. The lowest BCUT2D eigenvalue weighted by atomic mass is 9.85. The number of nitrogens with one attached hydrogen (secondary N) is 2. The minimum Gasteiger partial charge on any atom is -0.331 e. The molecule has 1 aromatic heterocycles. The van der Waals surface area contributed by atoms with Crippen molar-refractivity contribution in [1.82, 2.24) is 9.88 Å². The molecule has 2 N–H and O–H groups in total. The fourth-order valence-electron chi connectivity index (χ4n) is 4.10. The van der Waals surface area contributed by atoms with Crippen LogP contribution in [0.2, 0.25) is 0 Å². The molecule has 4 rings (SSSR count). The Balaban J connectivity index is 1.62. The summed E-state index contributed by atoms with van der Waals surface area (Å²) >= 11 is 3.53. The molecular formula is C22H22BrN3O2. The molecule has 1 atom stereocenters. The van der Waals surface area contributed by atoms with Gasteiger partial charge in [0.2, 0.25) is 0 Å². The second-order valence-electron chi connectivity index (χ2n) is 8.01. The largest absolute Gasteiger partial charge is 0.331 e. The molecule has 0 saturated heterocycles. The molecule has 6 heteroatoms. The van der Waals surface area contributed by atoms with Gasteiger partial charge in [0.1, 0.15) is 0 Å². The summed E-state index contributed by atoms with van der Waals surface area (Å²) in [5.74, 6) is 0. The molecule has 2 aromatic carbocycles. The Hall–Kier alpha value is -2.60. The van der Waals surface area contributed by atoms with E-state index in [0.29, 0.717) is 5.69 Å². The average Bonchev–Trinajstić information content (AvgIpc) is 2.87. The van der Waals surface area contributed by atoms with E-state index in [-0.39, 0.29) is 23.0 Å². The van der Waals surface area contributed by atoms with E-state index >= 15 is 0 Å². The van der Waals surface area contributed by atoms with Gasteiger partial charge in [-0.05, 0) is 53.3 Å². The van der Waals surface area contributed by atoms with Crippen LogP contribution in [0.3, 0.4) is 0 Å². The van der Waals surface area contributed by atoms with Crippen LogP contribution in [0.15, 0.2) is 57.8 Å². The summed E-state index contributed by atoms with van der Waals surface area (Å²) in [6.07, 6.45) is 0.906. The normalized spacial score (nSPS) is 17.4. The number of hydrogen-bond donors (Lipinski definition) is 2. The number of hydrogen-bond acceptors (Lipinski definition) is 2. The van der Waals surface area contributed by atoms with E-state index in [9.17, 15) is 9.59 Å². The number of aromatic nitrogens is 1. The number of rotatable bonds is 2. The molecule has 1 aliphatic carbocycles. The van der Waals surface area contributed by atoms with Crippen molar-refractivity contribution in [3.8, 4) is 0 Å². The number of carbonyl (C=O) groups excluding carboxylic acids is 1. The SMILES string of the molecule is Cn1c(=O)ccc2c(NC(=O)NC3c4ccc(Br)cc4CC3(C)C)cccc21. The van der Waals surface area contributed by atoms with Gasteiger partial charge in [-0.2, -0.15) is 0 Å². The number of amides is 2. The summed E-state index contributed by atoms with van der Waals surface area (Å²) in [6.45, 7) is 4.33. The molecule has 0 fully saturated rings. The van der Waals surface area contributed by atoms with Crippen LogP contribution in [0, 0.1) is 5.41 Å². The van der Waals surface area contributed by atoms with Crippen molar-refractivity contribution in [2.75, 3.05) is 5.32 Å². The summed E-state index contributed by atoms with van der Waals surface area (Å²) in [5, 5.41) is 6.94. The Bertz CT molecular complexity index is 1150. The first-order chi connectivity index (χ1) is 13.3. The molecule has 0 spiro atoms. The first kappa shape index (κ1) is 18.7. The number of halogens is 1. The van der Waals surface area contributed by atoms with E-state index in [1.54, 1.807) is 17.7 Å². The molecule has 0 saturated carbocycles. The Kier molecular flexibility index (Phi) is 4.54. The second kappa shape index (κ2) is 6.78. The molecule has 3 aromatic rings. The Morgan fingerprint density at radius 2 is 1.96 bits per heavy atom. The monoisotopic (exact) mass is 439 g/mol. The highest BCUT2D eigenvalue weighted by Gasteiger charge is 2.39. The Morgan fingerprint density at radius 1 is 1.18 bits per heavy atom. The summed E-state index contributed by atoms with van der Waals surface area (Å²) in [6, 6.07) is 14.7. The Labute approximate surface area is 171 Å². The van der Waals surface area contributed by atoms with Gasteiger partial charge >= 0.3 is 6.03 Å². The van der Waals surface area contributed by atoms with Crippen LogP contribution >= 0.6 is 15.9 Å². The maximum atomic E-state index is 12.8. The lowest BCUT2D eigenvalue weighted by molar-refractivity contribution is 0.229. The van der Waals surface area contributed by atoms with Gasteiger partial charge in [0.15, 0.2) is 0 Å². The number of fused-ring (bicyclic) bond motifs is 2. The molecule has 2 amide bonds. The molecule has 0 radical (unpaired) electrons. The maximum Gasteiger partial charge on any atom is 0.319 e. The van der Waals surface area contributed by atoms with Crippen LogP contribution in [0.25, 0.3) is 10.9 Å². The third-order valence-electron chi connectivity index (χ3n) is 5.53. The molecule has 144 valence electrons. The maximum absolute atomic E-state index is 12.8. The molecular weight excluding hydrogens is 418 g/mol. The van der Waals surface area contributed by atoms with E-state index in [0.717, 1.165) is 27.4 Å². The van der Waals surface area contributed by atoms with Crippen molar-refractivity contribution in [3.05, 3.63) is 74.5 Å². The van der Waals surface area contributed by atoms with E-state index in [1.807, 2.05) is 24.3 Å². The minimum atomic E-state index is -0.254. The fraction of sp³-hybridized carbons (Fsp3) is 0.273. The van der Waals surface area contributed by atoms with Crippen molar-refractivity contribution in [2.24, 2.45) is 12.5 Å². The molecule has 0 bridgehead atoms. The van der Waals surface area contributed by atoms with Crippen LogP contribution < -0.4 is 16.2 Å². The first-order valence-electron chi connectivity index (χ1n) is 9.21. The summed E-state index contributed by atoms with van der Waals surface area (Å²) < 4.78 is 2.63. The summed E-state index contributed by atoms with van der Waals surface area (Å²) in [4.78, 5) is 24.7. The molecule has 1 heterocycles. The number of nitrogens with zero attached hydrogens (tertiary/aromatic N) is 1. The predicted octanol–water partition coefficient (Wildman–Crippen LogP) is 4.75. The number of urea groups is 1. The standard InChI is InChI=1S/C22H22BrN3O2/c1-22(2)12-13-11-14(23)7-8-15(13)20(22)25-21(28)24-17-5-4-6-18-16(17)9-10-19(27)26(18)3/h4-11,20H,12H2,1-3H3,(H2,24,25,28). The van der Waals surface area contributed by atoms with Gasteiger partial charge in [-0.1, -0.05) is 41.9 Å². The molecule has 1 unspecified atom stereocenters. The predicted molar refractivity (Wildman–Crippen MR) is 116 cm³/mol. The van der Waals surface area contributed by atoms with Gasteiger partial charge in [0.25, 0.3) is 5.56 Å². The van der Waals surface area contributed by atoms with E-state index in [2.05, 4.69) is 52.5 Å². The lowest BCUT2D eigenvalue weighted by Crippen LogP contribution is -2.38. The molecule has 0 aliphatic heterocycles. The number of carbonyl (C=O) groups is 1.